The molecule has 3 N–H and O–H groups in total. The van der Waals surface area contributed by atoms with Gasteiger partial charge >= 0.3 is 6.03 Å². The van der Waals surface area contributed by atoms with E-state index in [1.165, 1.54) is 0 Å². The molecule has 1 atom stereocenters. The summed E-state index contributed by atoms with van der Waals surface area (Å²) in [6.07, 6.45) is -0.0558. The summed E-state index contributed by atoms with van der Waals surface area (Å²) in [6, 6.07) is 9.38. The molecule has 1 aromatic carbocycles. The molecule has 5 nitrogen and oxygen atoms in total. The number of urea groups is 1. The highest BCUT2D eigenvalue weighted by Gasteiger charge is 2.07. The molecule has 0 aliphatic heterocycles. The molecule has 0 saturated heterocycles. The third-order valence-corrected chi connectivity index (χ3v) is 2.40. The maximum atomic E-state index is 11.3. The van der Waals surface area contributed by atoms with Gasteiger partial charge in [0.15, 0.2) is 0 Å². The lowest BCUT2D eigenvalue weighted by Crippen LogP contribution is -2.41. The number of ether oxygens (including phenoxy) is 1. The van der Waals surface area contributed by atoms with Crippen molar-refractivity contribution in [1.29, 1.82) is 0 Å². The van der Waals surface area contributed by atoms with E-state index >= 15 is 0 Å². The molecule has 0 aromatic heterocycles. The Hall–Kier alpha value is -1.59. The van der Waals surface area contributed by atoms with E-state index in [0.717, 1.165) is 5.56 Å². The smallest absolute Gasteiger partial charge is 0.314 e. The van der Waals surface area contributed by atoms with Crippen molar-refractivity contribution in [2.75, 3.05) is 26.8 Å². The molecule has 2 amide bonds. The fourth-order valence-corrected chi connectivity index (χ4v) is 1.50. The number of aliphatic hydroxyl groups excluding tert-OH is 1. The van der Waals surface area contributed by atoms with Crippen LogP contribution in [-0.4, -0.2) is 44.0 Å². The van der Waals surface area contributed by atoms with Crippen LogP contribution in [0.1, 0.15) is 5.56 Å². The zero-order valence-corrected chi connectivity index (χ0v) is 10.6. The molecule has 0 bridgehead atoms. The second kappa shape index (κ2) is 8.49. The number of hydrogen-bond donors (Lipinski definition) is 3. The van der Waals surface area contributed by atoms with Gasteiger partial charge in [-0.25, -0.2) is 4.79 Å². The zero-order valence-electron chi connectivity index (χ0n) is 10.6. The van der Waals surface area contributed by atoms with Gasteiger partial charge in [-0.15, -0.1) is 0 Å². The maximum absolute atomic E-state index is 11.3. The first-order chi connectivity index (χ1) is 8.72. The van der Waals surface area contributed by atoms with E-state index in [-0.39, 0.29) is 12.6 Å². The second-order valence-electron chi connectivity index (χ2n) is 3.97. The monoisotopic (exact) mass is 252 g/mol. The first-order valence-corrected chi connectivity index (χ1v) is 5.95. The summed E-state index contributed by atoms with van der Waals surface area (Å²) in [5.41, 5.74) is 1.05. The predicted molar refractivity (Wildman–Crippen MR) is 69.4 cm³/mol. The molecule has 0 unspecified atom stereocenters. The van der Waals surface area contributed by atoms with E-state index in [2.05, 4.69) is 10.6 Å². The number of hydrogen-bond acceptors (Lipinski definition) is 3. The molecular formula is C13H20N2O3. The number of nitrogens with one attached hydrogen (secondary N) is 2. The van der Waals surface area contributed by atoms with Gasteiger partial charge in [0.1, 0.15) is 0 Å². The highest BCUT2D eigenvalue weighted by molar-refractivity contribution is 5.73. The van der Waals surface area contributed by atoms with E-state index in [9.17, 15) is 9.90 Å². The third kappa shape index (κ3) is 6.22. The average molecular weight is 252 g/mol. The molecule has 0 radical (unpaired) electrons. The van der Waals surface area contributed by atoms with E-state index in [0.29, 0.717) is 19.6 Å². The Bertz CT molecular complexity index is 343. The average Bonchev–Trinajstić information content (AvgIpc) is 2.38. The van der Waals surface area contributed by atoms with Crippen molar-refractivity contribution < 1.29 is 14.6 Å². The second-order valence-corrected chi connectivity index (χ2v) is 3.97. The molecule has 0 fully saturated rings. The van der Waals surface area contributed by atoms with Crippen LogP contribution in [0.15, 0.2) is 30.3 Å². The van der Waals surface area contributed by atoms with Gasteiger partial charge < -0.3 is 20.5 Å². The summed E-state index contributed by atoms with van der Waals surface area (Å²) >= 11 is 0. The highest BCUT2D eigenvalue weighted by atomic mass is 16.5. The fourth-order valence-electron chi connectivity index (χ4n) is 1.50. The summed E-state index contributed by atoms with van der Waals surface area (Å²) in [4.78, 5) is 11.3. The number of rotatable bonds is 7. The number of benzene rings is 1. The third-order valence-electron chi connectivity index (χ3n) is 2.40. The fraction of sp³-hybridized carbons (Fsp3) is 0.462. The number of amides is 2. The molecule has 0 saturated carbocycles. The SMILES string of the molecule is COCCNC(=O)NC[C@H](O)Cc1ccccc1. The van der Waals surface area contributed by atoms with Gasteiger partial charge in [0.05, 0.1) is 12.7 Å². The van der Waals surface area contributed by atoms with Crippen molar-refractivity contribution in [2.24, 2.45) is 0 Å². The molecule has 100 valence electrons. The molecule has 5 heteroatoms. The molecule has 1 rings (SSSR count). The minimum absolute atomic E-state index is 0.230. The Labute approximate surface area is 107 Å². The van der Waals surface area contributed by atoms with Gasteiger partial charge in [0, 0.05) is 26.6 Å². The maximum Gasteiger partial charge on any atom is 0.314 e. The van der Waals surface area contributed by atoms with E-state index < -0.39 is 6.10 Å². The van der Waals surface area contributed by atoms with Gasteiger partial charge in [-0.1, -0.05) is 30.3 Å². The molecule has 0 spiro atoms. The Kier molecular flexibility index (Phi) is 6.83. The van der Waals surface area contributed by atoms with Gasteiger partial charge in [0.25, 0.3) is 0 Å². The van der Waals surface area contributed by atoms with Crippen molar-refractivity contribution in [2.45, 2.75) is 12.5 Å². The van der Waals surface area contributed by atoms with Crippen LogP contribution in [0.2, 0.25) is 0 Å². The lowest BCUT2D eigenvalue weighted by atomic mass is 10.1. The quantitative estimate of drug-likeness (QED) is 0.620. The summed E-state index contributed by atoms with van der Waals surface area (Å²) in [5.74, 6) is 0. The van der Waals surface area contributed by atoms with Crippen LogP contribution >= 0.6 is 0 Å². The normalized spacial score (nSPS) is 11.9. The molecular weight excluding hydrogens is 232 g/mol. The first kappa shape index (κ1) is 14.5. The largest absolute Gasteiger partial charge is 0.391 e. The Balaban J connectivity index is 2.17. The van der Waals surface area contributed by atoms with E-state index in [4.69, 9.17) is 4.74 Å². The van der Waals surface area contributed by atoms with Crippen molar-refractivity contribution >= 4 is 6.03 Å². The number of aliphatic hydroxyl groups is 1. The lowest BCUT2D eigenvalue weighted by molar-refractivity contribution is 0.168. The van der Waals surface area contributed by atoms with Crippen LogP contribution in [0.4, 0.5) is 4.79 Å². The van der Waals surface area contributed by atoms with Crippen molar-refractivity contribution in [1.82, 2.24) is 10.6 Å². The minimum atomic E-state index is -0.583. The first-order valence-electron chi connectivity index (χ1n) is 5.95. The molecule has 0 aliphatic rings. The number of methoxy groups -OCH3 is 1. The summed E-state index contributed by atoms with van der Waals surface area (Å²) in [5, 5.41) is 15.0. The molecule has 0 aliphatic carbocycles. The van der Waals surface area contributed by atoms with Crippen LogP contribution in [0.3, 0.4) is 0 Å². The van der Waals surface area contributed by atoms with Crippen LogP contribution in [0.25, 0.3) is 0 Å². The van der Waals surface area contributed by atoms with Gasteiger partial charge in [-0.2, -0.15) is 0 Å². The van der Waals surface area contributed by atoms with Crippen LogP contribution in [0, 0.1) is 0 Å². The van der Waals surface area contributed by atoms with E-state index in [1.54, 1.807) is 7.11 Å². The van der Waals surface area contributed by atoms with Gasteiger partial charge in [-0.3, -0.25) is 0 Å². The van der Waals surface area contributed by atoms with Crippen LogP contribution in [0.5, 0.6) is 0 Å². The Morgan fingerprint density at radius 3 is 2.72 bits per heavy atom. The standard InChI is InChI=1S/C13H20N2O3/c1-18-8-7-14-13(17)15-10-12(16)9-11-5-3-2-4-6-11/h2-6,12,16H,7-10H2,1H3,(H2,14,15,17)/t12-/m1/s1. The predicted octanol–water partition coefficient (Wildman–Crippen LogP) is 0.536. The summed E-state index contributed by atoms with van der Waals surface area (Å²) in [7, 11) is 1.57. The van der Waals surface area contributed by atoms with Gasteiger partial charge in [-0.05, 0) is 5.56 Å². The van der Waals surface area contributed by atoms with Crippen molar-refractivity contribution in [3.05, 3.63) is 35.9 Å². The number of carbonyl (C=O) groups is 1. The lowest BCUT2D eigenvalue weighted by Gasteiger charge is -2.12. The molecule has 0 heterocycles. The van der Waals surface area contributed by atoms with E-state index in [1.807, 2.05) is 30.3 Å². The highest BCUT2D eigenvalue weighted by Crippen LogP contribution is 2.02. The molecule has 1 aromatic rings. The minimum Gasteiger partial charge on any atom is -0.391 e. The zero-order chi connectivity index (χ0) is 13.2. The van der Waals surface area contributed by atoms with Crippen molar-refractivity contribution in [3.63, 3.8) is 0 Å². The van der Waals surface area contributed by atoms with Crippen LogP contribution < -0.4 is 10.6 Å². The van der Waals surface area contributed by atoms with Gasteiger partial charge in [0.2, 0.25) is 0 Å². The summed E-state index contributed by atoms with van der Waals surface area (Å²) in [6.45, 7) is 1.16. The van der Waals surface area contributed by atoms with Crippen molar-refractivity contribution in [3.8, 4) is 0 Å². The topological polar surface area (TPSA) is 70.6 Å². The Morgan fingerprint density at radius 1 is 1.33 bits per heavy atom. The summed E-state index contributed by atoms with van der Waals surface area (Å²) < 4.78 is 4.80. The van der Waals surface area contributed by atoms with Crippen LogP contribution in [-0.2, 0) is 11.2 Å². The Morgan fingerprint density at radius 2 is 2.06 bits per heavy atom. The number of carbonyl (C=O) groups excluding carboxylic acids is 1. The molecule has 18 heavy (non-hydrogen) atoms.